The first-order chi connectivity index (χ1) is 3.27. The number of carbonyl (C=O) groups is 1. The number of rotatable bonds is 3. The number of thiol groups is 1. The summed E-state index contributed by atoms with van der Waals surface area (Å²) in [5.41, 5.74) is 0. The van der Waals surface area contributed by atoms with Crippen LogP contribution in [0, 0.1) is 0 Å². The van der Waals surface area contributed by atoms with Crippen LogP contribution in [0.3, 0.4) is 0 Å². The topological polar surface area (TPSA) is 29.1 Å². The Morgan fingerprint density at radius 3 is 2.57 bits per heavy atom. The minimum absolute atomic E-state index is 0.0608. The van der Waals surface area contributed by atoms with Gasteiger partial charge in [0.2, 0.25) is 0 Å². The van der Waals surface area contributed by atoms with Gasteiger partial charge in [-0.25, -0.2) is 0 Å². The Bertz CT molecular complexity index is 64.7. The van der Waals surface area contributed by atoms with E-state index in [9.17, 15) is 4.79 Å². The second-order valence-corrected chi connectivity index (χ2v) is 1.75. The fourth-order valence-corrected chi connectivity index (χ4v) is 0.344. The lowest BCUT2D eigenvalue weighted by molar-refractivity contribution is -0.110. The quantitative estimate of drug-likeness (QED) is 0.514. The van der Waals surface area contributed by atoms with Crippen LogP contribution in [0.15, 0.2) is 0 Å². The zero-order valence-corrected chi connectivity index (χ0v) is 5.16. The molecule has 0 saturated heterocycles. The maximum absolute atomic E-state index is 10.0. The van der Waals surface area contributed by atoms with Crippen molar-refractivity contribution in [3.63, 3.8) is 0 Å². The smallest absolute Gasteiger partial charge is 0.187 e. The molecule has 0 aliphatic rings. The second-order valence-electron chi connectivity index (χ2n) is 1.25. The maximum Gasteiger partial charge on any atom is 0.187 e. The third kappa shape index (κ3) is 5.98. The molecule has 3 heteroatoms. The molecular weight excluding hydrogens is 110 g/mol. The third-order valence-electron chi connectivity index (χ3n) is 0.589. The molecule has 0 radical (unpaired) electrons. The molecule has 0 rings (SSSR count). The molecule has 0 aromatic carbocycles. The summed E-state index contributed by atoms with van der Waals surface area (Å²) < 4.78 is 0. The van der Waals surface area contributed by atoms with E-state index >= 15 is 0 Å². The van der Waals surface area contributed by atoms with Gasteiger partial charge in [-0.1, -0.05) is 0 Å². The van der Waals surface area contributed by atoms with Gasteiger partial charge in [0.15, 0.2) is 5.12 Å². The lowest BCUT2D eigenvalue weighted by Gasteiger charge is -1.89. The van der Waals surface area contributed by atoms with Crippen molar-refractivity contribution in [1.29, 1.82) is 0 Å². The predicted molar refractivity (Wildman–Crippen MR) is 32.5 cm³/mol. The van der Waals surface area contributed by atoms with Gasteiger partial charge in [0.1, 0.15) is 0 Å². The molecule has 0 saturated carbocycles. The van der Waals surface area contributed by atoms with E-state index in [1.807, 2.05) is 0 Å². The molecule has 1 N–H and O–H groups in total. The molecule has 42 valence electrons. The first kappa shape index (κ1) is 6.98. The first-order valence-corrected chi connectivity index (χ1v) is 2.58. The number of hydrogen-bond acceptors (Lipinski definition) is 2. The fraction of sp³-hybridized carbons (Fsp3) is 0.750. The molecule has 0 aromatic rings. The van der Waals surface area contributed by atoms with Crippen molar-refractivity contribution in [2.75, 3.05) is 13.6 Å². The van der Waals surface area contributed by atoms with E-state index in [0.29, 0.717) is 6.42 Å². The second kappa shape index (κ2) is 4.15. The van der Waals surface area contributed by atoms with Gasteiger partial charge in [-0.3, -0.25) is 4.79 Å². The van der Waals surface area contributed by atoms with Gasteiger partial charge in [-0.15, -0.1) is 12.6 Å². The first-order valence-electron chi connectivity index (χ1n) is 2.13. The van der Waals surface area contributed by atoms with E-state index < -0.39 is 0 Å². The zero-order chi connectivity index (χ0) is 5.70. The van der Waals surface area contributed by atoms with Crippen LogP contribution in [0.25, 0.3) is 0 Å². The van der Waals surface area contributed by atoms with Crippen LogP contribution < -0.4 is 5.32 Å². The van der Waals surface area contributed by atoms with Crippen molar-refractivity contribution in [3.05, 3.63) is 0 Å². The summed E-state index contributed by atoms with van der Waals surface area (Å²) in [6.45, 7) is 0.725. The zero-order valence-electron chi connectivity index (χ0n) is 4.27. The number of nitrogens with one attached hydrogen (secondary N) is 1. The SMILES string of the molecule is CNCCC(=O)S. The molecule has 0 spiro atoms. The summed E-state index contributed by atoms with van der Waals surface area (Å²) in [7, 11) is 1.80. The maximum atomic E-state index is 10.0. The Kier molecular flexibility index (Phi) is 4.14. The molecule has 0 aliphatic carbocycles. The molecule has 0 unspecified atom stereocenters. The summed E-state index contributed by atoms with van der Waals surface area (Å²) in [5, 5.41) is 2.77. The predicted octanol–water partition coefficient (Wildman–Crippen LogP) is 0.0523. The van der Waals surface area contributed by atoms with Crippen LogP contribution in [0.1, 0.15) is 6.42 Å². The average Bonchev–Trinajstić information content (AvgIpc) is 1.61. The highest BCUT2D eigenvalue weighted by atomic mass is 32.1. The third-order valence-corrected chi connectivity index (χ3v) is 0.812. The highest BCUT2D eigenvalue weighted by Gasteiger charge is 1.88. The highest BCUT2D eigenvalue weighted by Crippen LogP contribution is 1.82. The van der Waals surface area contributed by atoms with E-state index in [2.05, 4.69) is 17.9 Å². The molecule has 0 fully saturated rings. The lowest BCUT2D eigenvalue weighted by Crippen LogP contribution is -2.09. The van der Waals surface area contributed by atoms with Gasteiger partial charge >= 0.3 is 0 Å². The molecule has 0 atom stereocenters. The van der Waals surface area contributed by atoms with E-state index in [1.54, 1.807) is 7.05 Å². The molecule has 0 amide bonds. The summed E-state index contributed by atoms with van der Waals surface area (Å²) in [4.78, 5) is 10.0. The number of carbonyl (C=O) groups excluding carboxylic acids is 1. The van der Waals surface area contributed by atoms with Gasteiger partial charge in [0.25, 0.3) is 0 Å². The molecule has 0 bridgehead atoms. The highest BCUT2D eigenvalue weighted by molar-refractivity contribution is 7.96. The van der Waals surface area contributed by atoms with Crippen LogP contribution in [-0.2, 0) is 4.79 Å². The minimum atomic E-state index is -0.0608. The van der Waals surface area contributed by atoms with Crippen molar-refractivity contribution in [2.24, 2.45) is 0 Å². The van der Waals surface area contributed by atoms with Crippen LogP contribution in [0.4, 0.5) is 0 Å². The molecule has 0 aromatic heterocycles. The van der Waals surface area contributed by atoms with Gasteiger partial charge in [0.05, 0.1) is 0 Å². The Labute approximate surface area is 48.7 Å². The van der Waals surface area contributed by atoms with Crippen molar-refractivity contribution >= 4 is 17.7 Å². The molecule has 0 heterocycles. The van der Waals surface area contributed by atoms with E-state index in [-0.39, 0.29) is 5.12 Å². The van der Waals surface area contributed by atoms with Gasteiger partial charge in [-0.2, -0.15) is 0 Å². The van der Waals surface area contributed by atoms with Crippen LogP contribution in [0.2, 0.25) is 0 Å². The summed E-state index contributed by atoms with van der Waals surface area (Å²) in [6, 6.07) is 0. The average molecular weight is 119 g/mol. The van der Waals surface area contributed by atoms with Crippen molar-refractivity contribution in [3.8, 4) is 0 Å². The van der Waals surface area contributed by atoms with Gasteiger partial charge in [0, 0.05) is 13.0 Å². The summed E-state index contributed by atoms with van der Waals surface area (Å²) in [5.74, 6) is 0. The Morgan fingerprint density at radius 2 is 2.43 bits per heavy atom. The van der Waals surface area contributed by atoms with Crippen LogP contribution in [0.5, 0.6) is 0 Å². The van der Waals surface area contributed by atoms with E-state index in [0.717, 1.165) is 6.54 Å². The Balaban J connectivity index is 2.82. The number of hydrogen-bond donors (Lipinski definition) is 2. The minimum Gasteiger partial charge on any atom is -0.319 e. The Morgan fingerprint density at radius 1 is 1.86 bits per heavy atom. The lowest BCUT2D eigenvalue weighted by atomic mass is 10.5. The summed E-state index contributed by atoms with van der Waals surface area (Å²) in [6.07, 6.45) is 0.514. The summed E-state index contributed by atoms with van der Waals surface area (Å²) >= 11 is 3.55. The van der Waals surface area contributed by atoms with Crippen LogP contribution >= 0.6 is 12.6 Å². The van der Waals surface area contributed by atoms with Crippen LogP contribution in [-0.4, -0.2) is 18.7 Å². The van der Waals surface area contributed by atoms with E-state index in [4.69, 9.17) is 0 Å². The largest absolute Gasteiger partial charge is 0.319 e. The fourth-order valence-electron chi connectivity index (χ4n) is 0.232. The van der Waals surface area contributed by atoms with Crippen molar-refractivity contribution in [2.45, 2.75) is 6.42 Å². The normalized spacial score (nSPS) is 8.86. The van der Waals surface area contributed by atoms with Gasteiger partial charge < -0.3 is 5.32 Å². The molecule has 0 aliphatic heterocycles. The molecule has 7 heavy (non-hydrogen) atoms. The van der Waals surface area contributed by atoms with Gasteiger partial charge in [-0.05, 0) is 7.05 Å². The standard InChI is InChI=1S/C4H9NOS/c1-5-3-2-4(6)7/h5H,2-3H2,1H3,(H,6,7). The van der Waals surface area contributed by atoms with Crippen molar-refractivity contribution in [1.82, 2.24) is 5.32 Å². The Hall–Kier alpha value is -0.0200. The molecule has 2 nitrogen and oxygen atoms in total. The van der Waals surface area contributed by atoms with E-state index in [1.165, 1.54) is 0 Å². The molecular formula is C4H9NOS. The monoisotopic (exact) mass is 119 g/mol. The van der Waals surface area contributed by atoms with Crippen molar-refractivity contribution < 1.29 is 4.79 Å².